The largest absolute Gasteiger partial charge is 0.296 e. The molecule has 0 bridgehead atoms. The van der Waals surface area contributed by atoms with Gasteiger partial charge >= 0.3 is 0 Å². The number of aryl methyl sites for hydroxylation is 1. The van der Waals surface area contributed by atoms with Crippen LogP contribution < -0.4 is 0 Å². The molecule has 0 saturated carbocycles. The highest BCUT2D eigenvalue weighted by Gasteiger charge is 2.28. The molecule has 0 aromatic heterocycles. The van der Waals surface area contributed by atoms with Gasteiger partial charge in [-0.25, -0.2) is 8.42 Å². The molecule has 146 valence electrons. The van der Waals surface area contributed by atoms with Gasteiger partial charge < -0.3 is 0 Å². The lowest BCUT2D eigenvalue weighted by Crippen LogP contribution is -2.48. The molecular formula is C22H30N2O2S. The first-order valence-electron chi connectivity index (χ1n) is 9.55. The lowest BCUT2D eigenvalue weighted by Gasteiger charge is -2.34. The minimum absolute atomic E-state index is 0.0176. The van der Waals surface area contributed by atoms with Gasteiger partial charge in [0.15, 0.2) is 0 Å². The highest BCUT2D eigenvalue weighted by molar-refractivity contribution is 7.89. The first kappa shape index (κ1) is 20.1. The van der Waals surface area contributed by atoms with Crippen molar-refractivity contribution in [2.75, 3.05) is 26.2 Å². The molecule has 1 fully saturated rings. The average Bonchev–Trinajstić information content (AvgIpc) is 2.62. The smallest absolute Gasteiger partial charge is 0.243 e. The van der Waals surface area contributed by atoms with E-state index in [1.807, 2.05) is 12.1 Å². The molecule has 0 radical (unpaired) electrons. The van der Waals surface area contributed by atoms with E-state index in [0.717, 1.165) is 25.2 Å². The van der Waals surface area contributed by atoms with Crippen molar-refractivity contribution in [3.63, 3.8) is 0 Å². The minimum Gasteiger partial charge on any atom is -0.296 e. The predicted octanol–water partition coefficient (Wildman–Crippen LogP) is 3.80. The highest BCUT2D eigenvalue weighted by Crippen LogP contribution is 2.25. The van der Waals surface area contributed by atoms with Crippen LogP contribution in [0.15, 0.2) is 53.4 Å². The molecule has 1 saturated heterocycles. The number of sulfonamides is 1. The normalized spacial score (nSPS) is 17.2. The van der Waals surface area contributed by atoms with Gasteiger partial charge in [0.25, 0.3) is 0 Å². The topological polar surface area (TPSA) is 40.6 Å². The minimum atomic E-state index is -3.42. The maximum Gasteiger partial charge on any atom is 0.243 e. The molecule has 4 nitrogen and oxygen atoms in total. The van der Waals surface area contributed by atoms with Crippen LogP contribution in [0.25, 0.3) is 0 Å². The first-order valence-corrected chi connectivity index (χ1v) is 11.0. The van der Waals surface area contributed by atoms with Crippen molar-refractivity contribution in [1.82, 2.24) is 9.21 Å². The maximum absolute atomic E-state index is 13.0. The van der Waals surface area contributed by atoms with Crippen molar-refractivity contribution >= 4 is 10.0 Å². The molecule has 2 aromatic rings. The van der Waals surface area contributed by atoms with Crippen LogP contribution in [0.5, 0.6) is 0 Å². The Labute approximate surface area is 163 Å². The Kier molecular flexibility index (Phi) is 5.75. The van der Waals surface area contributed by atoms with Crippen LogP contribution in [0.1, 0.15) is 37.5 Å². The molecule has 2 aromatic carbocycles. The Hall–Kier alpha value is -1.69. The monoisotopic (exact) mass is 386 g/mol. The van der Waals surface area contributed by atoms with E-state index in [2.05, 4.69) is 56.9 Å². The summed E-state index contributed by atoms with van der Waals surface area (Å²) in [6, 6.07) is 15.9. The summed E-state index contributed by atoms with van der Waals surface area (Å²) in [5.74, 6) is 0. The van der Waals surface area contributed by atoms with Crippen molar-refractivity contribution in [3.05, 3.63) is 65.2 Å². The molecule has 1 aliphatic rings. The summed E-state index contributed by atoms with van der Waals surface area (Å²) >= 11 is 0. The van der Waals surface area contributed by atoms with Gasteiger partial charge in [-0.1, -0.05) is 62.7 Å². The molecule has 0 aliphatic carbocycles. The van der Waals surface area contributed by atoms with Crippen LogP contribution in [0.2, 0.25) is 0 Å². The van der Waals surface area contributed by atoms with Crippen LogP contribution in [0.3, 0.4) is 0 Å². The molecule has 0 unspecified atom stereocenters. The third-order valence-corrected chi connectivity index (χ3v) is 7.09. The summed E-state index contributed by atoms with van der Waals surface area (Å²) < 4.78 is 27.5. The van der Waals surface area contributed by atoms with Gasteiger partial charge in [-0.05, 0) is 35.6 Å². The van der Waals surface area contributed by atoms with Gasteiger partial charge in [0.1, 0.15) is 0 Å². The molecule has 1 aliphatic heterocycles. The fourth-order valence-electron chi connectivity index (χ4n) is 3.47. The van der Waals surface area contributed by atoms with Crippen molar-refractivity contribution in [2.24, 2.45) is 0 Å². The summed E-state index contributed by atoms with van der Waals surface area (Å²) in [6.07, 6.45) is 0. The molecule has 0 N–H and O–H groups in total. The number of benzene rings is 2. The standard InChI is InChI=1S/C22H30N2O2S/c1-18-6-5-7-19(16-18)17-23-12-14-24(15-13-23)27(25,26)21-10-8-20(9-11-21)22(2,3)4/h5-11,16H,12-15,17H2,1-4H3. The molecule has 27 heavy (non-hydrogen) atoms. The third kappa shape index (κ3) is 4.78. The summed E-state index contributed by atoms with van der Waals surface area (Å²) in [5.41, 5.74) is 3.70. The second-order valence-corrected chi connectivity index (χ2v) is 10.4. The Morgan fingerprint density at radius 2 is 1.56 bits per heavy atom. The maximum atomic E-state index is 13.0. The molecular weight excluding hydrogens is 356 g/mol. The zero-order valence-corrected chi connectivity index (χ0v) is 17.6. The Bertz CT molecular complexity index is 875. The second kappa shape index (κ2) is 7.74. The van der Waals surface area contributed by atoms with Gasteiger partial charge in [0.2, 0.25) is 10.0 Å². The molecule has 1 heterocycles. The number of piperazine rings is 1. The lowest BCUT2D eigenvalue weighted by molar-refractivity contribution is 0.181. The van der Waals surface area contributed by atoms with E-state index in [1.165, 1.54) is 11.1 Å². The number of hydrogen-bond donors (Lipinski definition) is 0. The van der Waals surface area contributed by atoms with E-state index in [-0.39, 0.29) is 5.41 Å². The summed E-state index contributed by atoms with van der Waals surface area (Å²) in [7, 11) is -3.42. The molecule has 0 atom stereocenters. The number of rotatable bonds is 4. The Morgan fingerprint density at radius 3 is 2.11 bits per heavy atom. The van der Waals surface area contributed by atoms with Crippen LogP contribution in [-0.2, 0) is 22.0 Å². The van der Waals surface area contributed by atoms with Gasteiger partial charge in [0, 0.05) is 32.7 Å². The van der Waals surface area contributed by atoms with E-state index in [1.54, 1.807) is 16.4 Å². The van der Waals surface area contributed by atoms with Gasteiger partial charge in [-0.3, -0.25) is 4.90 Å². The van der Waals surface area contributed by atoms with Crippen LogP contribution in [-0.4, -0.2) is 43.8 Å². The van der Waals surface area contributed by atoms with Crippen molar-refractivity contribution in [1.29, 1.82) is 0 Å². The molecule has 0 spiro atoms. The fourth-order valence-corrected chi connectivity index (χ4v) is 4.89. The quantitative estimate of drug-likeness (QED) is 0.802. The average molecular weight is 387 g/mol. The number of hydrogen-bond acceptors (Lipinski definition) is 3. The Balaban J connectivity index is 1.64. The van der Waals surface area contributed by atoms with E-state index in [0.29, 0.717) is 18.0 Å². The van der Waals surface area contributed by atoms with E-state index < -0.39 is 10.0 Å². The predicted molar refractivity (Wildman–Crippen MR) is 110 cm³/mol. The van der Waals surface area contributed by atoms with E-state index >= 15 is 0 Å². The highest BCUT2D eigenvalue weighted by atomic mass is 32.2. The van der Waals surface area contributed by atoms with Crippen LogP contribution in [0, 0.1) is 6.92 Å². The van der Waals surface area contributed by atoms with E-state index in [4.69, 9.17) is 0 Å². The van der Waals surface area contributed by atoms with Crippen LogP contribution >= 0.6 is 0 Å². The van der Waals surface area contributed by atoms with Gasteiger partial charge in [-0.15, -0.1) is 0 Å². The summed E-state index contributed by atoms with van der Waals surface area (Å²) in [4.78, 5) is 2.71. The zero-order chi connectivity index (χ0) is 19.7. The SMILES string of the molecule is Cc1cccc(CN2CCN(S(=O)(=O)c3ccc(C(C)(C)C)cc3)CC2)c1. The van der Waals surface area contributed by atoms with Gasteiger partial charge in [-0.2, -0.15) is 4.31 Å². The van der Waals surface area contributed by atoms with Crippen molar-refractivity contribution < 1.29 is 8.42 Å². The molecule has 5 heteroatoms. The Morgan fingerprint density at radius 1 is 0.926 bits per heavy atom. The van der Waals surface area contributed by atoms with Gasteiger partial charge in [0.05, 0.1) is 4.90 Å². The lowest BCUT2D eigenvalue weighted by atomic mass is 9.87. The van der Waals surface area contributed by atoms with Crippen molar-refractivity contribution in [3.8, 4) is 0 Å². The third-order valence-electron chi connectivity index (χ3n) is 5.18. The summed E-state index contributed by atoms with van der Waals surface area (Å²) in [5, 5.41) is 0. The first-order chi connectivity index (χ1) is 12.7. The van der Waals surface area contributed by atoms with E-state index in [9.17, 15) is 8.42 Å². The fraction of sp³-hybridized carbons (Fsp3) is 0.455. The van der Waals surface area contributed by atoms with Crippen LogP contribution in [0.4, 0.5) is 0 Å². The van der Waals surface area contributed by atoms with Crippen molar-refractivity contribution in [2.45, 2.75) is 44.6 Å². The zero-order valence-electron chi connectivity index (χ0n) is 16.8. The molecule has 0 amide bonds. The summed E-state index contributed by atoms with van der Waals surface area (Å²) in [6.45, 7) is 11.9. The molecule has 3 rings (SSSR count). The number of nitrogens with zero attached hydrogens (tertiary/aromatic N) is 2. The second-order valence-electron chi connectivity index (χ2n) is 8.44.